The molecule has 9 nitrogen and oxygen atoms in total. The Bertz CT molecular complexity index is 18.0. The molecule has 0 aromatic rings. The second kappa shape index (κ2) is 422. The summed E-state index contributed by atoms with van der Waals surface area (Å²) in [5, 5.41) is 0. The van der Waals surface area contributed by atoms with E-state index in [1.807, 2.05) is 0 Å². The Hall–Kier alpha value is 2.89. The molecule has 0 amide bonds. The maximum Gasteiger partial charge on any atom is 2.00 e. The molecule has 0 heterocycles. The standard InChI is InChI=1S/2Mo.9O.3Zn/q;;9*-2;3*+2. The van der Waals surface area contributed by atoms with Crippen molar-refractivity contribution in [3.05, 3.63) is 0 Å². The van der Waals surface area contributed by atoms with Gasteiger partial charge in [-0.3, -0.25) is 0 Å². The molecule has 0 bridgehead atoms. The van der Waals surface area contributed by atoms with E-state index in [4.69, 9.17) is 0 Å². The monoisotopic (exact) mass is 532 g/mol. The fourth-order valence-corrected chi connectivity index (χ4v) is 0. The fourth-order valence-electron chi connectivity index (χ4n) is 0. The third-order valence-electron chi connectivity index (χ3n) is 0. The van der Waals surface area contributed by atoms with Crippen LogP contribution in [0.4, 0.5) is 0 Å². The van der Waals surface area contributed by atoms with Crippen molar-refractivity contribution in [2.24, 2.45) is 0 Å². The van der Waals surface area contributed by atoms with Gasteiger partial charge in [-0.2, -0.15) is 0 Å². The molecule has 0 aliphatic heterocycles. The third-order valence-corrected chi connectivity index (χ3v) is 0. The van der Waals surface area contributed by atoms with Crippen LogP contribution in [-0.2, 0) is 150 Å². The first-order valence-electron chi connectivity index (χ1n) is 0. The molecule has 0 N–H and O–H groups in total. The quantitative estimate of drug-likeness (QED) is 0.337. The first kappa shape index (κ1) is 511. The molecule has 0 saturated carbocycles. The van der Waals surface area contributed by atoms with E-state index in [0.717, 1.165) is 0 Å². The first-order valence-corrected chi connectivity index (χ1v) is 0. The molecule has 14 heavy (non-hydrogen) atoms. The van der Waals surface area contributed by atoms with E-state index < -0.39 is 0 Å². The van der Waals surface area contributed by atoms with E-state index in [2.05, 4.69) is 0 Å². The summed E-state index contributed by atoms with van der Waals surface area (Å²) in [5.41, 5.74) is 0. The molecule has 0 aliphatic rings. The van der Waals surface area contributed by atoms with Gasteiger partial charge in [-0.15, -0.1) is 0 Å². The van der Waals surface area contributed by atoms with E-state index in [-0.39, 0.29) is 150 Å². The average molecular weight is 532 g/mol. The number of hydrogen-bond donors (Lipinski definition) is 0. The molecule has 0 fully saturated rings. The molecule has 0 saturated heterocycles. The van der Waals surface area contributed by atoms with Crippen molar-refractivity contribution in [3.63, 3.8) is 0 Å². The summed E-state index contributed by atoms with van der Waals surface area (Å²) in [6.07, 6.45) is 0. The van der Waals surface area contributed by atoms with Gasteiger partial charge >= 0.3 is 58.4 Å². The van der Waals surface area contributed by atoms with Crippen LogP contribution in [0.25, 0.3) is 0 Å². The van der Waals surface area contributed by atoms with Gasteiger partial charge in [-0.25, -0.2) is 0 Å². The molecule has 0 rings (SSSR count). The number of rotatable bonds is 0. The van der Waals surface area contributed by atoms with Crippen molar-refractivity contribution in [1.82, 2.24) is 0 Å². The second-order valence-corrected chi connectivity index (χ2v) is 0. The van der Waals surface area contributed by atoms with Crippen LogP contribution in [0.15, 0.2) is 0 Å². The van der Waals surface area contributed by atoms with Crippen molar-refractivity contribution >= 4 is 0 Å². The molecule has 0 aliphatic carbocycles. The molecule has 84 valence electrons. The molecule has 14 heteroatoms. The summed E-state index contributed by atoms with van der Waals surface area (Å²) in [4.78, 5) is 0. The Balaban J connectivity index is 0. The molecule has 0 aromatic carbocycles. The van der Waals surface area contributed by atoms with Crippen LogP contribution in [0.1, 0.15) is 0 Å². The van der Waals surface area contributed by atoms with Crippen molar-refractivity contribution in [1.29, 1.82) is 0 Å². The Labute approximate surface area is 148 Å². The van der Waals surface area contributed by atoms with Gasteiger partial charge in [-0.05, 0) is 0 Å². The van der Waals surface area contributed by atoms with Gasteiger partial charge in [-0.1, -0.05) is 0 Å². The summed E-state index contributed by atoms with van der Waals surface area (Å²) in [6.45, 7) is 0. The maximum absolute atomic E-state index is 0. The van der Waals surface area contributed by atoms with Gasteiger partial charge in [0.25, 0.3) is 0 Å². The summed E-state index contributed by atoms with van der Waals surface area (Å²) in [7, 11) is 0. The first-order chi connectivity index (χ1) is 0. The zero-order chi connectivity index (χ0) is 0. The third kappa shape index (κ3) is 344. The average Bonchev–Trinajstić information content (AvgIpc) is 0. The van der Waals surface area contributed by atoms with Gasteiger partial charge in [0, 0.05) is 42.1 Å². The maximum atomic E-state index is 0. The Kier molecular flexibility index (Phi) is 15400. The van der Waals surface area contributed by atoms with Gasteiger partial charge in [0.15, 0.2) is 0 Å². The van der Waals surface area contributed by atoms with E-state index >= 15 is 0 Å². The zero-order valence-corrected chi connectivity index (χ0v) is 19.5. The Morgan fingerprint density at radius 3 is 0.214 bits per heavy atom. The predicted molar refractivity (Wildman–Crippen MR) is 6.18 cm³/mol. The van der Waals surface area contributed by atoms with Crippen molar-refractivity contribution in [2.45, 2.75) is 0 Å². The summed E-state index contributed by atoms with van der Waals surface area (Å²) >= 11 is 0. The van der Waals surface area contributed by atoms with Gasteiger partial charge in [0.1, 0.15) is 0 Å². The Morgan fingerprint density at radius 1 is 0.214 bits per heavy atom. The van der Waals surface area contributed by atoms with Crippen LogP contribution >= 0.6 is 0 Å². The minimum absolute atomic E-state index is 0. The number of hydrogen-bond acceptors (Lipinski definition) is 0. The van der Waals surface area contributed by atoms with E-state index in [0.29, 0.717) is 0 Å². The minimum atomic E-state index is 0. The van der Waals surface area contributed by atoms with Crippen LogP contribution < -0.4 is 0 Å². The van der Waals surface area contributed by atoms with Crippen molar-refractivity contribution in [2.75, 3.05) is 0 Å². The largest absolute Gasteiger partial charge is 2.00 e. The zero-order valence-electron chi connectivity index (χ0n) is 6.61. The second-order valence-electron chi connectivity index (χ2n) is 0. The molecule has 0 aromatic heterocycles. The van der Waals surface area contributed by atoms with E-state index in [9.17, 15) is 0 Å². The molecule has 0 spiro atoms. The molecular weight excluding hydrogens is 532 g/mol. The van der Waals surface area contributed by atoms with Crippen LogP contribution in [0.5, 0.6) is 0 Å². The van der Waals surface area contributed by atoms with Crippen molar-refractivity contribution < 1.29 is 150 Å². The summed E-state index contributed by atoms with van der Waals surface area (Å²) < 4.78 is 0. The summed E-state index contributed by atoms with van der Waals surface area (Å²) in [5.74, 6) is 0. The molecular formula is Mo2O9Zn3-12. The van der Waals surface area contributed by atoms with Gasteiger partial charge < -0.3 is 49.3 Å². The SMILES string of the molecule is [Mo].[Mo].[O-2].[O-2].[O-2].[O-2].[O-2].[O-2].[O-2].[O-2].[O-2].[Zn+2].[Zn+2].[Zn+2]. The summed E-state index contributed by atoms with van der Waals surface area (Å²) in [6, 6.07) is 0. The minimum Gasteiger partial charge on any atom is -2.00 e. The van der Waals surface area contributed by atoms with Crippen molar-refractivity contribution in [3.8, 4) is 0 Å². The topological polar surface area (TPSA) is 256 Å². The molecule has 0 radical (unpaired) electrons. The van der Waals surface area contributed by atoms with Crippen LogP contribution in [0.3, 0.4) is 0 Å². The smallest absolute Gasteiger partial charge is 2.00 e. The van der Waals surface area contributed by atoms with Crippen LogP contribution in [0, 0.1) is 0 Å². The van der Waals surface area contributed by atoms with Crippen LogP contribution in [0.2, 0.25) is 0 Å². The molecule has 0 unspecified atom stereocenters. The predicted octanol–water partition coefficient (Wildman–Crippen LogP) is -1.08. The Morgan fingerprint density at radius 2 is 0.214 bits per heavy atom. The van der Waals surface area contributed by atoms with Crippen LogP contribution in [-0.4, -0.2) is 0 Å². The molecule has 0 atom stereocenters. The van der Waals surface area contributed by atoms with Gasteiger partial charge in [0.2, 0.25) is 0 Å². The normalized spacial score (nSPS) is 0. The van der Waals surface area contributed by atoms with Gasteiger partial charge in [0.05, 0.1) is 0 Å². The van der Waals surface area contributed by atoms with E-state index in [1.165, 1.54) is 0 Å². The van der Waals surface area contributed by atoms with E-state index in [1.54, 1.807) is 0 Å². The fraction of sp³-hybridized carbons (Fsp3) is 0.